The van der Waals surface area contributed by atoms with Crippen molar-refractivity contribution < 1.29 is 22.7 Å². The number of hydrogen-bond donors (Lipinski definition) is 2. The Morgan fingerprint density at radius 1 is 1.11 bits per heavy atom. The minimum Gasteiger partial charge on any atom is -0.490 e. The Morgan fingerprint density at radius 2 is 1.86 bits per heavy atom. The highest BCUT2D eigenvalue weighted by Gasteiger charge is 2.32. The summed E-state index contributed by atoms with van der Waals surface area (Å²) in [5.41, 5.74) is 0.250. The highest BCUT2D eigenvalue weighted by atomic mass is 19.4. The number of nitrogens with zero attached hydrogens (tertiary/aromatic N) is 3. The van der Waals surface area contributed by atoms with Gasteiger partial charge < -0.3 is 20.3 Å². The molecule has 1 amide bonds. The number of carbonyl (C=O) groups is 1. The number of hydrogen-bond acceptors (Lipinski definition) is 6. The van der Waals surface area contributed by atoms with Crippen LogP contribution >= 0.6 is 0 Å². The Balaban J connectivity index is 1.52. The number of piperidine rings is 1. The largest absolute Gasteiger partial charge is 0.490 e. The second kappa shape index (κ2) is 10.7. The molecule has 0 atom stereocenters. The van der Waals surface area contributed by atoms with Gasteiger partial charge in [0.15, 0.2) is 0 Å². The van der Waals surface area contributed by atoms with Gasteiger partial charge in [0.2, 0.25) is 0 Å². The molecule has 1 aliphatic rings. The first-order chi connectivity index (χ1) is 16.8. The summed E-state index contributed by atoms with van der Waals surface area (Å²) in [4.78, 5) is 23.3. The third kappa shape index (κ3) is 6.69. The van der Waals surface area contributed by atoms with E-state index in [0.717, 1.165) is 43.6 Å². The number of amides is 1. The zero-order valence-electron chi connectivity index (χ0n) is 19.2. The summed E-state index contributed by atoms with van der Waals surface area (Å²) in [6, 6.07) is 10.1. The van der Waals surface area contributed by atoms with Crippen molar-refractivity contribution in [2.24, 2.45) is 0 Å². The molecule has 0 saturated carbocycles. The van der Waals surface area contributed by atoms with Crippen LogP contribution in [0.3, 0.4) is 0 Å². The van der Waals surface area contributed by atoms with Crippen molar-refractivity contribution in [3.05, 3.63) is 77.7 Å². The first kappa shape index (κ1) is 24.5. The van der Waals surface area contributed by atoms with Crippen molar-refractivity contribution in [2.45, 2.75) is 31.7 Å². The van der Waals surface area contributed by atoms with Gasteiger partial charge in [0.1, 0.15) is 17.7 Å². The molecule has 184 valence electrons. The molecule has 1 aliphatic heterocycles. The molecule has 0 unspecified atom stereocenters. The SMILES string of the molecule is CN1CCC(Oc2cc(NC(=O)c3cccnc3NCc3ccncc3)cc(C(F)(F)F)c2)CC1. The van der Waals surface area contributed by atoms with E-state index in [0.29, 0.717) is 12.4 Å². The number of halogens is 3. The number of carbonyl (C=O) groups excluding carboxylic acids is 1. The van der Waals surface area contributed by atoms with E-state index >= 15 is 0 Å². The Bertz CT molecular complexity index is 1150. The van der Waals surface area contributed by atoms with Gasteiger partial charge in [0.05, 0.1) is 11.1 Å². The average molecular weight is 486 g/mol. The summed E-state index contributed by atoms with van der Waals surface area (Å²) in [6.07, 6.45) is 1.51. The molecule has 4 rings (SSSR count). The number of pyridine rings is 2. The summed E-state index contributed by atoms with van der Waals surface area (Å²) < 4.78 is 46.6. The molecule has 1 saturated heterocycles. The topological polar surface area (TPSA) is 79.4 Å². The molecule has 1 fully saturated rings. The molecule has 0 bridgehead atoms. The number of alkyl halides is 3. The Hall–Kier alpha value is -3.66. The van der Waals surface area contributed by atoms with Crippen molar-refractivity contribution >= 4 is 17.4 Å². The van der Waals surface area contributed by atoms with Crippen LogP contribution in [0, 0.1) is 0 Å². The number of anilines is 2. The number of ether oxygens (including phenoxy) is 1. The van der Waals surface area contributed by atoms with E-state index in [1.54, 1.807) is 24.5 Å². The molecule has 3 heterocycles. The fourth-order valence-corrected chi connectivity index (χ4v) is 3.81. The number of nitrogens with one attached hydrogen (secondary N) is 2. The van der Waals surface area contributed by atoms with Crippen molar-refractivity contribution in [3.63, 3.8) is 0 Å². The van der Waals surface area contributed by atoms with E-state index in [-0.39, 0.29) is 23.1 Å². The zero-order chi connectivity index (χ0) is 24.8. The number of rotatable bonds is 7. The molecule has 2 N–H and O–H groups in total. The van der Waals surface area contributed by atoms with E-state index in [1.165, 1.54) is 12.3 Å². The first-order valence-corrected chi connectivity index (χ1v) is 11.2. The quantitative estimate of drug-likeness (QED) is 0.499. The van der Waals surface area contributed by atoms with E-state index in [4.69, 9.17) is 4.74 Å². The van der Waals surface area contributed by atoms with Crippen LogP contribution in [0.1, 0.15) is 34.3 Å². The van der Waals surface area contributed by atoms with Crippen LogP contribution in [0.25, 0.3) is 0 Å². The Labute approximate surface area is 201 Å². The lowest BCUT2D eigenvalue weighted by atomic mass is 10.1. The maximum atomic E-state index is 13.6. The van der Waals surface area contributed by atoms with Crippen LogP contribution in [0.4, 0.5) is 24.7 Å². The molecular weight excluding hydrogens is 459 g/mol. The summed E-state index contributed by atoms with van der Waals surface area (Å²) in [5.74, 6) is -0.191. The van der Waals surface area contributed by atoms with Crippen LogP contribution < -0.4 is 15.4 Å². The zero-order valence-corrected chi connectivity index (χ0v) is 19.2. The van der Waals surface area contributed by atoms with E-state index in [2.05, 4.69) is 25.5 Å². The van der Waals surface area contributed by atoms with Gasteiger partial charge in [0, 0.05) is 50.0 Å². The first-order valence-electron chi connectivity index (χ1n) is 11.2. The summed E-state index contributed by atoms with van der Waals surface area (Å²) in [5, 5.41) is 5.67. The number of likely N-dealkylation sites (tertiary alicyclic amines) is 1. The molecule has 0 radical (unpaired) electrons. The van der Waals surface area contributed by atoms with Gasteiger partial charge in [-0.05, 0) is 61.9 Å². The smallest absolute Gasteiger partial charge is 0.416 e. The third-order valence-electron chi connectivity index (χ3n) is 5.72. The van der Waals surface area contributed by atoms with Gasteiger partial charge >= 0.3 is 6.18 Å². The highest BCUT2D eigenvalue weighted by molar-refractivity contribution is 6.07. The molecule has 0 spiro atoms. The van der Waals surface area contributed by atoms with E-state index in [1.807, 2.05) is 19.2 Å². The maximum Gasteiger partial charge on any atom is 0.416 e. The predicted octanol–water partition coefficient (Wildman–Crippen LogP) is 4.83. The van der Waals surface area contributed by atoms with Crippen molar-refractivity contribution in [3.8, 4) is 5.75 Å². The van der Waals surface area contributed by atoms with Gasteiger partial charge in [-0.2, -0.15) is 13.2 Å². The molecule has 1 aromatic carbocycles. The lowest BCUT2D eigenvalue weighted by molar-refractivity contribution is -0.137. The monoisotopic (exact) mass is 485 g/mol. The highest BCUT2D eigenvalue weighted by Crippen LogP contribution is 2.35. The summed E-state index contributed by atoms with van der Waals surface area (Å²) >= 11 is 0. The van der Waals surface area contributed by atoms with Crippen LogP contribution in [0.2, 0.25) is 0 Å². The molecule has 7 nitrogen and oxygen atoms in total. The van der Waals surface area contributed by atoms with Crippen molar-refractivity contribution in [2.75, 3.05) is 30.8 Å². The van der Waals surface area contributed by atoms with Gasteiger partial charge in [0.25, 0.3) is 5.91 Å². The van der Waals surface area contributed by atoms with E-state index < -0.39 is 17.6 Å². The standard InChI is InChI=1S/C25H26F3N5O2/c1-33-11-6-20(7-12-33)35-21-14-18(25(26,27)28)13-19(15-21)32-24(34)22-3-2-8-30-23(22)31-16-17-4-9-29-10-5-17/h2-5,8-10,13-15,20H,6-7,11-12,16H2,1H3,(H,30,31)(H,32,34). The van der Waals surface area contributed by atoms with Gasteiger partial charge in [-0.1, -0.05) is 0 Å². The molecule has 3 aromatic rings. The van der Waals surface area contributed by atoms with Crippen molar-refractivity contribution in [1.82, 2.24) is 14.9 Å². The minimum atomic E-state index is -4.59. The van der Waals surface area contributed by atoms with Crippen LogP contribution in [-0.4, -0.2) is 47.0 Å². The second-order valence-corrected chi connectivity index (χ2v) is 8.43. The molecule has 35 heavy (non-hydrogen) atoms. The van der Waals surface area contributed by atoms with Crippen LogP contribution in [0.15, 0.2) is 61.1 Å². The Morgan fingerprint density at radius 3 is 2.57 bits per heavy atom. The fraction of sp³-hybridized carbons (Fsp3) is 0.320. The number of aromatic nitrogens is 2. The minimum absolute atomic E-state index is 0.00307. The van der Waals surface area contributed by atoms with Crippen molar-refractivity contribution in [1.29, 1.82) is 0 Å². The maximum absolute atomic E-state index is 13.6. The summed E-state index contributed by atoms with van der Waals surface area (Å²) in [7, 11) is 1.99. The fourth-order valence-electron chi connectivity index (χ4n) is 3.81. The van der Waals surface area contributed by atoms with Gasteiger partial charge in [-0.15, -0.1) is 0 Å². The molecule has 0 aliphatic carbocycles. The average Bonchev–Trinajstić information content (AvgIpc) is 2.84. The second-order valence-electron chi connectivity index (χ2n) is 8.43. The number of benzene rings is 1. The van der Waals surface area contributed by atoms with E-state index in [9.17, 15) is 18.0 Å². The lowest BCUT2D eigenvalue weighted by Crippen LogP contribution is -2.35. The van der Waals surface area contributed by atoms with Gasteiger partial charge in [-0.3, -0.25) is 9.78 Å². The lowest BCUT2D eigenvalue weighted by Gasteiger charge is -2.29. The van der Waals surface area contributed by atoms with Crippen LogP contribution in [-0.2, 0) is 12.7 Å². The van der Waals surface area contributed by atoms with Gasteiger partial charge in [-0.25, -0.2) is 4.98 Å². The normalized spacial score (nSPS) is 15.0. The molecule has 2 aromatic heterocycles. The Kier molecular flexibility index (Phi) is 7.50. The third-order valence-corrected chi connectivity index (χ3v) is 5.72. The summed E-state index contributed by atoms with van der Waals surface area (Å²) in [6.45, 7) is 2.02. The van der Waals surface area contributed by atoms with Crippen LogP contribution in [0.5, 0.6) is 5.75 Å². The molecular formula is C25H26F3N5O2. The molecule has 10 heteroatoms. The predicted molar refractivity (Wildman–Crippen MR) is 126 cm³/mol.